The maximum atomic E-state index is 14.4. The summed E-state index contributed by atoms with van der Waals surface area (Å²) in [6, 6.07) is 6.53. The fourth-order valence-electron chi connectivity index (χ4n) is 16.6. The molecular weight excluding hydrogens is 1520 g/mol. The molecule has 0 bridgehead atoms. The number of esters is 4. The third kappa shape index (κ3) is 21.1. The molecule has 1 aromatic rings. The Morgan fingerprint density at radius 1 is 0.360 bits per heavy atom. The summed E-state index contributed by atoms with van der Waals surface area (Å²) in [4.78, 5) is 79.9. The van der Waals surface area contributed by atoms with E-state index in [1.54, 1.807) is 66.7 Å². The summed E-state index contributed by atoms with van der Waals surface area (Å²) in [7, 11) is 7.75. The van der Waals surface area contributed by atoms with Crippen molar-refractivity contribution in [2.75, 3.05) is 81.7 Å². The number of benzene rings is 1. The molecule has 0 aliphatic carbocycles. The molecule has 7 fully saturated rings. The summed E-state index contributed by atoms with van der Waals surface area (Å²) in [5.74, 6) is -8.40. The van der Waals surface area contributed by atoms with E-state index in [0.29, 0.717) is 0 Å². The molecule has 7 saturated heterocycles. The predicted molar refractivity (Wildman–Crippen MR) is 393 cm³/mol. The number of amides is 2. The van der Waals surface area contributed by atoms with Gasteiger partial charge in [-0.1, -0.05) is 130 Å². The number of alkyl halides is 3. The van der Waals surface area contributed by atoms with Gasteiger partial charge in [0.2, 0.25) is 12.2 Å². The smallest absolute Gasteiger partial charge is 0.303 e. The van der Waals surface area contributed by atoms with Gasteiger partial charge in [0.15, 0.2) is 43.8 Å². The molecule has 0 spiro atoms. The Labute approximate surface area is 665 Å². The van der Waals surface area contributed by atoms with Gasteiger partial charge >= 0.3 is 23.9 Å². The van der Waals surface area contributed by atoms with Crippen molar-refractivity contribution in [1.29, 1.82) is 5.41 Å². The molecule has 8 aliphatic rings. The van der Waals surface area contributed by atoms with Crippen LogP contribution in [0.1, 0.15) is 131 Å². The molecular formula is C77H117Cl3N2O29. The second kappa shape index (κ2) is 39.9. The number of carbonyl (C=O) groups is 6. The Bertz CT molecular complexity index is 3230. The molecule has 0 saturated carbocycles. The highest BCUT2D eigenvalue weighted by Crippen LogP contribution is 2.47. The van der Waals surface area contributed by atoms with Crippen molar-refractivity contribution < 1.29 is 138 Å². The van der Waals surface area contributed by atoms with E-state index in [0.717, 1.165) is 4.90 Å². The number of hydrogen-bond donors (Lipinski definition) is 1. The lowest BCUT2D eigenvalue weighted by Crippen LogP contribution is -2.64. The molecule has 0 aromatic heterocycles. The van der Waals surface area contributed by atoms with E-state index in [4.69, 9.17) is 149 Å². The fraction of sp³-hybridized carbons (Fsp3) is 0.831. The molecule has 34 heteroatoms. The Morgan fingerprint density at radius 3 is 1.03 bits per heavy atom. The van der Waals surface area contributed by atoms with Gasteiger partial charge in [0, 0.05) is 105 Å². The van der Waals surface area contributed by atoms with Crippen LogP contribution in [-0.4, -0.2) is 274 Å². The summed E-state index contributed by atoms with van der Waals surface area (Å²) in [5, 5.41) is 8.26. The van der Waals surface area contributed by atoms with Gasteiger partial charge in [-0.05, 0) is 41.7 Å². The quantitative estimate of drug-likeness (QED) is 0.0189. The van der Waals surface area contributed by atoms with Gasteiger partial charge in [0.25, 0.3) is 15.6 Å². The van der Waals surface area contributed by atoms with Crippen molar-refractivity contribution in [3.8, 4) is 0 Å². The zero-order valence-electron chi connectivity index (χ0n) is 67.4. The summed E-state index contributed by atoms with van der Waals surface area (Å²) in [6.45, 7) is 27.9. The minimum absolute atomic E-state index is 0.00667. The average Bonchev–Trinajstić information content (AvgIpc) is 1.75. The Hall–Kier alpha value is -4.14. The Balaban J connectivity index is 0.927. The van der Waals surface area contributed by atoms with E-state index in [1.165, 1.54) is 27.7 Å². The van der Waals surface area contributed by atoms with Crippen molar-refractivity contribution in [2.45, 2.75) is 256 Å². The van der Waals surface area contributed by atoms with Gasteiger partial charge in [0.1, 0.15) is 68.7 Å². The monoisotopic (exact) mass is 1640 g/mol. The number of carbonyl (C=O) groups excluding carboxylic acids is 6. The Morgan fingerprint density at radius 2 is 0.658 bits per heavy atom. The highest BCUT2D eigenvalue weighted by molar-refractivity contribution is 6.76. The first-order valence-electron chi connectivity index (χ1n) is 38.4. The lowest BCUT2D eigenvalue weighted by molar-refractivity contribution is -0.381. The van der Waals surface area contributed by atoms with Crippen molar-refractivity contribution in [3.63, 3.8) is 0 Å². The number of methoxy groups -OCH3 is 5. The van der Waals surface area contributed by atoms with Crippen LogP contribution in [0.3, 0.4) is 0 Å². The first-order chi connectivity index (χ1) is 52.5. The molecule has 630 valence electrons. The summed E-state index contributed by atoms with van der Waals surface area (Å²) < 4.78 is 146. The molecule has 1 aromatic carbocycles. The number of imide groups is 1. The molecule has 9 rings (SSSR count). The predicted octanol–water partition coefficient (Wildman–Crippen LogP) is 8.26. The van der Waals surface area contributed by atoms with Crippen LogP contribution in [0.4, 0.5) is 0 Å². The molecule has 0 radical (unpaired) electrons. The number of rotatable bonds is 30. The summed E-state index contributed by atoms with van der Waals surface area (Å²) in [5.41, 5.74) is 0.430. The summed E-state index contributed by atoms with van der Waals surface area (Å²) >= 11 is 18.0. The van der Waals surface area contributed by atoms with Gasteiger partial charge < -0.3 is 109 Å². The number of ether oxygens (including phenoxy) is 23. The van der Waals surface area contributed by atoms with Crippen LogP contribution in [0.25, 0.3) is 0 Å². The van der Waals surface area contributed by atoms with Crippen molar-refractivity contribution in [2.24, 2.45) is 71.0 Å². The average molecular weight is 1640 g/mol. The number of nitrogens with zero attached hydrogens (tertiary/aromatic N) is 1. The molecule has 111 heavy (non-hydrogen) atoms. The van der Waals surface area contributed by atoms with Crippen molar-refractivity contribution >= 4 is 76.4 Å². The highest BCUT2D eigenvalue weighted by atomic mass is 35.6. The first kappa shape index (κ1) is 90.8. The molecule has 2 amide bonds. The maximum Gasteiger partial charge on any atom is 0.303 e. The topological polar surface area (TPSA) is 342 Å². The van der Waals surface area contributed by atoms with Gasteiger partial charge in [0.05, 0.1) is 80.2 Å². The van der Waals surface area contributed by atoms with Gasteiger partial charge in [-0.25, -0.2) is 0 Å². The molecule has 8 heterocycles. The van der Waals surface area contributed by atoms with Crippen LogP contribution in [0.2, 0.25) is 0 Å². The minimum atomic E-state index is -2.16. The van der Waals surface area contributed by atoms with E-state index in [2.05, 4.69) is 6.92 Å². The second-order valence-corrected chi connectivity index (χ2v) is 33.5. The number of fused-ring (bicyclic) bond motifs is 1. The normalized spacial score (nSPS) is 41.5. The zero-order valence-corrected chi connectivity index (χ0v) is 69.7. The molecule has 15 unspecified atom stereocenters. The van der Waals surface area contributed by atoms with Gasteiger partial charge in [-0.2, -0.15) is 0 Å². The molecule has 1 N–H and O–H groups in total. The largest absolute Gasteiger partial charge is 0.463 e. The first-order valence-corrected chi connectivity index (χ1v) is 39.5. The van der Waals surface area contributed by atoms with Crippen LogP contribution >= 0.6 is 34.8 Å². The third-order valence-electron chi connectivity index (χ3n) is 24.0. The van der Waals surface area contributed by atoms with Gasteiger partial charge in [-0.15, -0.1) is 0 Å². The van der Waals surface area contributed by atoms with Crippen LogP contribution in [0.5, 0.6) is 0 Å². The van der Waals surface area contributed by atoms with Crippen LogP contribution < -0.4 is 0 Å². The number of hydrogen-bond acceptors (Lipinski definition) is 30. The van der Waals surface area contributed by atoms with Crippen LogP contribution in [-0.2, 0) is 128 Å². The van der Waals surface area contributed by atoms with Crippen LogP contribution in [0.15, 0.2) is 24.3 Å². The minimum Gasteiger partial charge on any atom is -0.463 e. The highest BCUT2D eigenvalue weighted by Gasteiger charge is 2.59. The molecule has 8 aliphatic heterocycles. The molecule has 31 nitrogen and oxygen atoms in total. The van der Waals surface area contributed by atoms with Crippen LogP contribution in [0, 0.1) is 76.4 Å². The second-order valence-electron chi connectivity index (χ2n) is 31.2. The van der Waals surface area contributed by atoms with E-state index in [9.17, 15) is 28.8 Å². The fourth-order valence-corrected chi connectivity index (χ4v) is 16.7. The number of halogens is 3. The van der Waals surface area contributed by atoms with Crippen molar-refractivity contribution in [1.82, 2.24) is 4.90 Å². The molecule has 35 atom stereocenters. The van der Waals surface area contributed by atoms with E-state index in [-0.39, 0.29) is 92.8 Å². The summed E-state index contributed by atoms with van der Waals surface area (Å²) in [6.07, 6.45) is -20.9. The zero-order chi connectivity index (χ0) is 81.5. The SMILES string of the molecule is COCC1O[C@@H](O[C@H]2C(C)C(C)[C@@H](O[C@H]3C(C)C(OC)[C@H](O[C@@H]4C(COC(C)=O)OC(OC(=N)C(Cl)(Cl)Cl)C(C)[C@H]4C)O[C@H]3COC)O[C@H]2COC)C(OC)[C@@H](C)[C@@H]1O[C@@H]1OC(CN2C(=O)c3ccccc3C2=O)[C@@H](O[C@@H]2O[C@@H](COC(C)=O)[C@@H](O[C@H]3O[C@@H](COC(C)=O)[C@@H](C)C(C)C3C)C(C)C2OC(C)=O)[C@H](C)C1C. The number of nitrogens with one attached hydrogen (secondary N) is 1. The standard InChI is InChI=1S/C77H117Cl3N2O29/c1-33-34(2)52(30-94-45(13)83)99-69(38(33)6)107-63-44(12)66(97-48(16)86)75(104-57(63)32-96-47(15)85)108-58-35(3)39(7)70(98-51(58)26-82-67(87)49-24-22-23-25-50(49)68(82)88)105-61-42(10)64(92-20)73(102-54(61)28-90-18)109-59-36(4)40(8)71(100-53(59)27-89-17)106-62-43(11)65(93-21)74(103-55(62)29-91-19)110-60-37(5)41(9)72(111-76(81)77(78,79)80)101-56(60)31-95-46(14)84/h22-25,33-44,51-66,69-75,81H,26-32H2,1-21H3/t33?,34-,35+,36?,37+,38?,39?,40?,41?,42-,43?,44?,51?,52-,53-,54?,55-,56?,57-,58-,59-,60-,61-,62-,63-,64?,65?,66?,69+,70-,71+,72?,73-,74-,75-/m0/s1. The van der Waals surface area contributed by atoms with E-state index >= 15 is 0 Å². The maximum absolute atomic E-state index is 14.4. The van der Waals surface area contributed by atoms with Gasteiger partial charge in [-0.3, -0.25) is 39.1 Å². The Kier molecular flexibility index (Phi) is 32.6. The lowest BCUT2D eigenvalue weighted by Gasteiger charge is -2.52. The van der Waals surface area contributed by atoms with E-state index < -0.39 is 223 Å². The third-order valence-corrected chi connectivity index (χ3v) is 24.5. The lowest BCUT2D eigenvalue weighted by atomic mass is 9.79. The van der Waals surface area contributed by atoms with Crippen molar-refractivity contribution in [3.05, 3.63) is 35.4 Å². The van der Waals surface area contributed by atoms with E-state index in [1.807, 2.05) is 69.2 Å².